The quantitative estimate of drug-likeness (QED) is 0.856. The van der Waals surface area contributed by atoms with E-state index in [0.29, 0.717) is 10.0 Å². The molecule has 0 N–H and O–H groups in total. The summed E-state index contributed by atoms with van der Waals surface area (Å²) < 4.78 is 15.2. The lowest BCUT2D eigenvalue weighted by Crippen LogP contribution is -2.03. The van der Waals surface area contributed by atoms with Gasteiger partial charge in [-0.25, -0.2) is 9.37 Å². The predicted molar refractivity (Wildman–Crippen MR) is 64.9 cm³/mol. The van der Waals surface area contributed by atoms with Gasteiger partial charge in [0, 0.05) is 0 Å². The number of hydrogen-bond donors (Lipinski definition) is 0. The number of nitrogens with zero attached hydrogens (tertiary/aromatic N) is 4. The highest BCUT2D eigenvalue weighted by Gasteiger charge is 2.12. The normalized spacial score (nSPS) is 9.78. The Kier molecular flexibility index (Phi) is 3.40. The maximum atomic E-state index is 13.3. The minimum atomic E-state index is -0.369. The Morgan fingerprint density at radius 2 is 2.11 bits per heavy atom. The van der Waals surface area contributed by atoms with Crippen molar-refractivity contribution >= 4 is 15.9 Å². The molecule has 0 bridgehead atoms. The number of halogens is 2. The van der Waals surface area contributed by atoms with Crippen LogP contribution in [0.3, 0.4) is 0 Å². The van der Waals surface area contributed by atoms with Crippen LogP contribution in [0.5, 0.6) is 0 Å². The van der Waals surface area contributed by atoms with E-state index in [1.807, 2.05) is 12.1 Å². The van der Waals surface area contributed by atoms with E-state index >= 15 is 0 Å². The zero-order chi connectivity index (χ0) is 13.1. The van der Waals surface area contributed by atoms with Crippen LogP contribution in [-0.4, -0.2) is 9.55 Å². The molecule has 0 aliphatic carbocycles. The third kappa shape index (κ3) is 2.11. The molecule has 0 saturated carbocycles. The molecule has 0 saturated heterocycles. The minimum absolute atomic E-state index is 0.0741. The van der Waals surface area contributed by atoms with Crippen LogP contribution in [0.15, 0.2) is 29.0 Å². The monoisotopic (exact) mass is 304 g/mol. The van der Waals surface area contributed by atoms with E-state index in [4.69, 9.17) is 10.5 Å². The molecule has 0 spiro atoms. The molecule has 0 aliphatic rings. The average molecular weight is 305 g/mol. The number of rotatable bonds is 2. The standard InChI is InChI=1S/C12H6BrFN4/c13-12-8(2-1-3-9(12)14)6-18-7-17-10(4-15)11(18)5-16/h1-3,7H,6H2. The van der Waals surface area contributed by atoms with Gasteiger partial charge in [0.05, 0.1) is 17.3 Å². The average Bonchev–Trinajstić information content (AvgIpc) is 2.77. The van der Waals surface area contributed by atoms with E-state index in [0.717, 1.165) is 0 Å². The molecule has 1 heterocycles. The van der Waals surface area contributed by atoms with Gasteiger partial charge >= 0.3 is 0 Å². The molecule has 1 aromatic carbocycles. The van der Waals surface area contributed by atoms with Crippen LogP contribution in [0, 0.1) is 28.5 Å². The number of aromatic nitrogens is 2. The predicted octanol–water partition coefficient (Wildman–Crippen LogP) is 2.58. The van der Waals surface area contributed by atoms with Crippen LogP contribution in [0.2, 0.25) is 0 Å². The number of hydrogen-bond acceptors (Lipinski definition) is 3. The summed E-state index contributed by atoms with van der Waals surface area (Å²) in [6.07, 6.45) is 1.40. The summed E-state index contributed by atoms with van der Waals surface area (Å²) in [7, 11) is 0. The molecule has 0 radical (unpaired) electrons. The van der Waals surface area contributed by atoms with Crippen molar-refractivity contribution in [1.29, 1.82) is 10.5 Å². The van der Waals surface area contributed by atoms with Crippen LogP contribution < -0.4 is 0 Å². The van der Waals surface area contributed by atoms with E-state index in [9.17, 15) is 4.39 Å². The SMILES string of the molecule is N#Cc1ncn(Cc2cccc(F)c2Br)c1C#N. The number of nitriles is 2. The fourth-order valence-electron chi connectivity index (χ4n) is 1.56. The van der Waals surface area contributed by atoms with Gasteiger partial charge in [-0.3, -0.25) is 0 Å². The topological polar surface area (TPSA) is 65.4 Å². The lowest BCUT2D eigenvalue weighted by Gasteiger charge is -2.06. The van der Waals surface area contributed by atoms with Crippen molar-refractivity contribution in [3.8, 4) is 12.1 Å². The van der Waals surface area contributed by atoms with Gasteiger partial charge in [-0.15, -0.1) is 0 Å². The number of imidazole rings is 1. The molecule has 0 aliphatic heterocycles. The Bertz CT molecular complexity index is 678. The lowest BCUT2D eigenvalue weighted by atomic mass is 10.2. The molecular formula is C12H6BrFN4. The second-order valence-corrected chi connectivity index (χ2v) is 4.30. The third-order valence-corrected chi connectivity index (χ3v) is 3.31. The van der Waals surface area contributed by atoms with Gasteiger partial charge in [0.25, 0.3) is 0 Å². The molecule has 18 heavy (non-hydrogen) atoms. The van der Waals surface area contributed by atoms with Crippen molar-refractivity contribution in [3.63, 3.8) is 0 Å². The highest BCUT2D eigenvalue weighted by atomic mass is 79.9. The first-order chi connectivity index (χ1) is 8.67. The molecule has 2 rings (SSSR count). The summed E-state index contributed by atoms with van der Waals surface area (Å²) in [6, 6.07) is 8.42. The zero-order valence-electron chi connectivity index (χ0n) is 9.06. The lowest BCUT2D eigenvalue weighted by molar-refractivity contribution is 0.615. The highest BCUT2D eigenvalue weighted by molar-refractivity contribution is 9.10. The van der Waals surface area contributed by atoms with Crippen molar-refractivity contribution in [3.05, 3.63) is 51.8 Å². The molecule has 2 aromatic rings. The molecular weight excluding hydrogens is 299 g/mol. The van der Waals surface area contributed by atoms with E-state index in [1.54, 1.807) is 12.1 Å². The largest absolute Gasteiger partial charge is 0.317 e. The Labute approximate surface area is 111 Å². The van der Waals surface area contributed by atoms with Gasteiger partial charge in [-0.05, 0) is 27.6 Å². The van der Waals surface area contributed by atoms with Gasteiger partial charge in [-0.1, -0.05) is 12.1 Å². The first kappa shape index (κ1) is 12.3. The second kappa shape index (κ2) is 4.99. The second-order valence-electron chi connectivity index (χ2n) is 3.51. The van der Waals surface area contributed by atoms with Crippen molar-refractivity contribution < 1.29 is 4.39 Å². The van der Waals surface area contributed by atoms with Crippen LogP contribution in [-0.2, 0) is 6.54 Å². The Balaban J connectivity index is 2.42. The molecule has 0 fully saturated rings. The van der Waals surface area contributed by atoms with Crippen LogP contribution in [0.1, 0.15) is 17.0 Å². The van der Waals surface area contributed by atoms with Crippen molar-refractivity contribution in [1.82, 2.24) is 9.55 Å². The summed E-state index contributed by atoms with van der Waals surface area (Å²) >= 11 is 3.15. The molecule has 6 heteroatoms. The summed E-state index contributed by atoms with van der Waals surface area (Å²) in [6.45, 7) is 0.274. The summed E-state index contributed by atoms with van der Waals surface area (Å²) in [5.41, 5.74) is 0.923. The van der Waals surface area contributed by atoms with Gasteiger partial charge in [0.2, 0.25) is 0 Å². The Morgan fingerprint density at radius 1 is 1.33 bits per heavy atom. The molecule has 0 atom stereocenters. The molecule has 1 aromatic heterocycles. The van der Waals surface area contributed by atoms with Crippen LogP contribution >= 0.6 is 15.9 Å². The van der Waals surface area contributed by atoms with Gasteiger partial charge < -0.3 is 4.57 Å². The molecule has 0 amide bonds. The van der Waals surface area contributed by atoms with Crippen LogP contribution in [0.4, 0.5) is 4.39 Å². The number of benzene rings is 1. The van der Waals surface area contributed by atoms with E-state index in [-0.39, 0.29) is 23.7 Å². The van der Waals surface area contributed by atoms with Crippen molar-refractivity contribution in [2.45, 2.75) is 6.54 Å². The zero-order valence-corrected chi connectivity index (χ0v) is 10.6. The maximum Gasteiger partial charge on any atom is 0.176 e. The van der Waals surface area contributed by atoms with Gasteiger partial charge in [0.15, 0.2) is 11.4 Å². The van der Waals surface area contributed by atoms with Crippen LogP contribution in [0.25, 0.3) is 0 Å². The van der Waals surface area contributed by atoms with E-state index < -0.39 is 0 Å². The molecule has 0 unspecified atom stereocenters. The first-order valence-electron chi connectivity index (χ1n) is 4.95. The van der Waals surface area contributed by atoms with E-state index in [2.05, 4.69) is 20.9 Å². The van der Waals surface area contributed by atoms with Crippen molar-refractivity contribution in [2.75, 3.05) is 0 Å². The van der Waals surface area contributed by atoms with Gasteiger partial charge in [-0.2, -0.15) is 10.5 Å². The summed E-state index contributed by atoms with van der Waals surface area (Å²) in [4.78, 5) is 3.82. The first-order valence-corrected chi connectivity index (χ1v) is 5.75. The fourth-order valence-corrected chi connectivity index (χ4v) is 1.95. The fraction of sp³-hybridized carbons (Fsp3) is 0.0833. The van der Waals surface area contributed by atoms with Crippen molar-refractivity contribution in [2.24, 2.45) is 0 Å². The third-order valence-electron chi connectivity index (χ3n) is 2.42. The molecule has 88 valence electrons. The summed E-state index contributed by atoms with van der Waals surface area (Å²) in [5, 5.41) is 17.8. The smallest absolute Gasteiger partial charge is 0.176 e. The Hall–Kier alpha value is -2.18. The van der Waals surface area contributed by atoms with Gasteiger partial charge in [0.1, 0.15) is 18.0 Å². The molecule has 4 nitrogen and oxygen atoms in total. The van der Waals surface area contributed by atoms with E-state index in [1.165, 1.54) is 17.0 Å². The summed E-state index contributed by atoms with van der Waals surface area (Å²) in [5.74, 6) is -0.369. The minimum Gasteiger partial charge on any atom is -0.317 e. The Morgan fingerprint density at radius 3 is 2.78 bits per heavy atom. The highest BCUT2D eigenvalue weighted by Crippen LogP contribution is 2.22. The maximum absolute atomic E-state index is 13.3.